The zero-order valence-corrected chi connectivity index (χ0v) is 11.3. The molecular formula is C12H15ClN4O. The molecule has 2 aromatic heterocycles. The molecule has 2 rings (SSSR count). The Labute approximate surface area is 110 Å². The first kappa shape index (κ1) is 13.0. The van der Waals surface area contributed by atoms with Gasteiger partial charge in [0.1, 0.15) is 11.5 Å². The average Bonchev–Trinajstić information content (AvgIpc) is 2.66. The number of hydrogen-bond acceptors (Lipinski definition) is 4. The molecule has 0 spiro atoms. The maximum atomic E-state index is 9.39. The fraction of sp³-hybridized carbons (Fsp3) is 0.417. The Morgan fingerprint density at radius 1 is 1.39 bits per heavy atom. The van der Waals surface area contributed by atoms with Gasteiger partial charge in [0, 0.05) is 17.3 Å². The molecule has 0 bridgehead atoms. The number of nitrogens with zero attached hydrogens (tertiary/aromatic N) is 4. The van der Waals surface area contributed by atoms with E-state index in [4.69, 9.17) is 11.6 Å². The summed E-state index contributed by atoms with van der Waals surface area (Å²) >= 11 is 6.24. The van der Waals surface area contributed by atoms with Crippen LogP contribution in [0.2, 0.25) is 5.15 Å². The van der Waals surface area contributed by atoms with Gasteiger partial charge in [-0.2, -0.15) is 5.10 Å². The second-order valence-corrected chi connectivity index (χ2v) is 4.75. The van der Waals surface area contributed by atoms with Gasteiger partial charge < -0.3 is 5.11 Å². The van der Waals surface area contributed by atoms with E-state index in [1.807, 2.05) is 20.8 Å². The fourth-order valence-corrected chi connectivity index (χ4v) is 2.04. The van der Waals surface area contributed by atoms with Crippen LogP contribution in [0, 0.1) is 6.92 Å². The van der Waals surface area contributed by atoms with Crippen molar-refractivity contribution in [2.75, 3.05) is 0 Å². The lowest BCUT2D eigenvalue weighted by Crippen LogP contribution is -2.02. The van der Waals surface area contributed by atoms with Crippen LogP contribution in [0.5, 0.6) is 0 Å². The van der Waals surface area contributed by atoms with Crippen LogP contribution in [0.1, 0.15) is 36.7 Å². The van der Waals surface area contributed by atoms with E-state index in [0.29, 0.717) is 16.5 Å². The molecule has 2 heterocycles. The number of halogens is 1. The van der Waals surface area contributed by atoms with Gasteiger partial charge in [-0.15, -0.1) is 0 Å². The first-order valence-corrected chi connectivity index (χ1v) is 6.09. The largest absolute Gasteiger partial charge is 0.391 e. The highest BCUT2D eigenvalue weighted by molar-refractivity contribution is 6.30. The molecule has 1 N–H and O–H groups in total. The van der Waals surface area contributed by atoms with Crippen molar-refractivity contribution in [2.24, 2.45) is 0 Å². The highest BCUT2D eigenvalue weighted by atomic mass is 35.5. The molecule has 0 aliphatic rings. The lowest BCUT2D eigenvalue weighted by atomic mass is 10.1. The van der Waals surface area contributed by atoms with Crippen LogP contribution in [-0.4, -0.2) is 24.9 Å². The molecule has 0 saturated heterocycles. The fourth-order valence-electron chi connectivity index (χ4n) is 1.76. The number of aryl methyl sites for hydroxylation is 1. The van der Waals surface area contributed by atoms with Crippen LogP contribution < -0.4 is 0 Å². The molecule has 0 aliphatic carbocycles. The average molecular weight is 267 g/mol. The first-order valence-electron chi connectivity index (χ1n) is 5.71. The van der Waals surface area contributed by atoms with E-state index in [1.54, 1.807) is 6.07 Å². The van der Waals surface area contributed by atoms with Crippen molar-refractivity contribution in [2.45, 2.75) is 33.3 Å². The summed E-state index contributed by atoms with van der Waals surface area (Å²) in [6, 6.07) is 1.80. The summed E-state index contributed by atoms with van der Waals surface area (Å²) in [6.07, 6.45) is 1.47. The Morgan fingerprint density at radius 2 is 2.11 bits per heavy atom. The third-order valence-electron chi connectivity index (χ3n) is 2.66. The first-order chi connectivity index (χ1) is 8.54. The quantitative estimate of drug-likeness (QED) is 0.925. The molecule has 96 valence electrons. The lowest BCUT2D eigenvalue weighted by Gasteiger charge is -2.02. The molecule has 5 nitrogen and oxygen atoms in total. The molecule has 0 radical (unpaired) electrons. The van der Waals surface area contributed by atoms with Gasteiger partial charge in [0.25, 0.3) is 0 Å². The highest BCUT2D eigenvalue weighted by Crippen LogP contribution is 2.27. The third kappa shape index (κ3) is 2.23. The number of hydrogen-bond donors (Lipinski definition) is 1. The third-order valence-corrected chi connectivity index (χ3v) is 3.05. The highest BCUT2D eigenvalue weighted by Gasteiger charge is 2.19. The van der Waals surface area contributed by atoms with Gasteiger partial charge >= 0.3 is 0 Å². The standard InChI is InChI=1S/C12H15ClN4O/c1-7(2)11-9(5-18)12(13)17(16-11)10-4-8(3)14-6-15-10/h4,6-7,18H,5H2,1-3H3. The number of rotatable bonds is 3. The Kier molecular flexibility index (Phi) is 3.63. The smallest absolute Gasteiger partial charge is 0.158 e. The Hall–Kier alpha value is -1.46. The Bertz CT molecular complexity index is 565. The van der Waals surface area contributed by atoms with E-state index in [1.165, 1.54) is 11.0 Å². The van der Waals surface area contributed by atoms with Gasteiger partial charge in [-0.3, -0.25) is 0 Å². The molecule has 0 atom stereocenters. The molecule has 0 fully saturated rings. The molecule has 0 aromatic carbocycles. The van der Waals surface area contributed by atoms with Crippen molar-refractivity contribution in [3.05, 3.63) is 34.5 Å². The molecule has 0 saturated carbocycles. The number of aliphatic hydroxyl groups is 1. The second-order valence-electron chi connectivity index (χ2n) is 4.40. The maximum Gasteiger partial charge on any atom is 0.158 e. The van der Waals surface area contributed by atoms with Gasteiger partial charge in [-0.25, -0.2) is 14.6 Å². The van der Waals surface area contributed by atoms with Crippen molar-refractivity contribution in [1.29, 1.82) is 0 Å². The van der Waals surface area contributed by atoms with Gasteiger partial charge in [-0.1, -0.05) is 25.4 Å². The SMILES string of the molecule is Cc1cc(-n2nc(C(C)C)c(CO)c2Cl)ncn1. The molecule has 6 heteroatoms. The predicted octanol–water partition coefficient (Wildman–Crippen LogP) is 2.24. The summed E-state index contributed by atoms with van der Waals surface area (Å²) in [7, 11) is 0. The molecule has 2 aromatic rings. The zero-order valence-electron chi connectivity index (χ0n) is 10.6. The minimum Gasteiger partial charge on any atom is -0.391 e. The monoisotopic (exact) mass is 266 g/mol. The molecule has 0 aliphatic heterocycles. The van der Waals surface area contributed by atoms with Gasteiger partial charge in [0.05, 0.1) is 12.3 Å². The van der Waals surface area contributed by atoms with Crippen molar-refractivity contribution in [1.82, 2.24) is 19.7 Å². The number of aliphatic hydroxyl groups excluding tert-OH is 1. The Balaban J connectivity index is 2.59. The van der Waals surface area contributed by atoms with Crippen molar-refractivity contribution >= 4 is 11.6 Å². The van der Waals surface area contributed by atoms with Crippen LogP contribution in [0.25, 0.3) is 5.82 Å². The normalized spacial score (nSPS) is 11.2. The van der Waals surface area contributed by atoms with E-state index in [-0.39, 0.29) is 12.5 Å². The molecular weight excluding hydrogens is 252 g/mol. The predicted molar refractivity (Wildman–Crippen MR) is 68.9 cm³/mol. The summed E-state index contributed by atoms with van der Waals surface area (Å²) in [5.74, 6) is 0.794. The Morgan fingerprint density at radius 3 is 2.61 bits per heavy atom. The summed E-state index contributed by atoms with van der Waals surface area (Å²) in [6.45, 7) is 5.76. The van der Waals surface area contributed by atoms with Crippen molar-refractivity contribution < 1.29 is 5.11 Å². The van der Waals surface area contributed by atoms with Crippen molar-refractivity contribution in [3.63, 3.8) is 0 Å². The van der Waals surface area contributed by atoms with E-state index in [2.05, 4.69) is 15.1 Å². The second kappa shape index (κ2) is 5.04. The minimum absolute atomic E-state index is 0.129. The summed E-state index contributed by atoms with van der Waals surface area (Å²) in [5, 5.41) is 14.2. The van der Waals surface area contributed by atoms with Crippen LogP contribution in [0.3, 0.4) is 0 Å². The van der Waals surface area contributed by atoms with Gasteiger partial charge in [0.2, 0.25) is 0 Å². The van der Waals surface area contributed by atoms with Gasteiger partial charge in [0.15, 0.2) is 5.82 Å². The lowest BCUT2D eigenvalue weighted by molar-refractivity contribution is 0.280. The van der Waals surface area contributed by atoms with Crippen molar-refractivity contribution in [3.8, 4) is 5.82 Å². The summed E-state index contributed by atoms with van der Waals surface area (Å²) < 4.78 is 1.54. The maximum absolute atomic E-state index is 9.39. The number of aromatic nitrogens is 4. The van der Waals surface area contributed by atoms with E-state index in [0.717, 1.165) is 11.4 Å². The molecule has 0 amide bonds. The van der Waals surface area contributed by atoms with E-state index >= 15 is 0 Å². The molecule has 18 heavy (non-hydrogen) atoms. The van der Waals surface area contributed by atoms with Crippen LogP contribution in [0.4, 0.5) is 0 Å². The van der Waals surface area contributed by atoms with E-state index in [9.17, 15) is 5.11 Å². The van der Waals surface area contributed by atoms with Crippen LogP contribution >= 0.6 is 11.6 Å². The van der Waals surface area contributed by atoms with Gasteiger partial charge in [-0.05, 0) is 12.8 Å². The van der Waals surface area contributed by atoms with Crippen LogP contribution in [0.15, 0.2) is 12.4 Å². The topological polar surface area (TPSA) is 63.8 Å². The van der Waals surface area contributed by atoms with E-state index < -0.39 is 0 Å². The summed E-state index contributed by atoms with van der Waals surface area (Å²) in [5.41, 5.74) is 2.28. The van der Waals surface area contributed by atoms with Crippen LogP contribution in [-0.2, 0) is 6.61 Å². The molecule has 0 unspecified atom stereocenters. The summed E-state index contributed by atoms with van der Waals surface area (Å²) in [4.78, 5) is 8.18. The zero-order chi connectivity index (χ0) is 13.3. The minimum atomic E-state index is -0.129.